The molecule has 8 heteroatoms. The van der Waals surface area contributed by atoms with Crippen molar-refractivity contribution in [3.8, 4) is 11.5 Å². The molecule has 1 aromatic heterocycles. The van der Waals surface area contributed by atoms with Gasteiger partial charge in [-0.05, 0) is 55.3 Å². The maximum Gasteiger partial charge on any atom is 0.328 e. The Bertz CT molecular complexity index is 1240. The molecule has 2 aliphatic rings. The van der Waals surface area contributed by atoms with Crippen LogP contribution in [0.15, 0.2) is 42.5 Å². The van der Waals surface area contributed by atoms with Crippen molar-refractivity contribution >= 4 is 38.8 Å². The molecule has 0 bridgehead atoms. The van der Waals surface area contributed by atoms with E-state index in [1.807, 2.05) is 38.1 Å². The number of carbonyl (C=O) groups is 2. The highest BCUT2D eigenvalue weighted by atomic mass is 79.9. The monoisotopic (exact) mass is 497 g/mol. The number of hydrogen-bond donors (Lipinski definition) is 2. The van der Waals surface area contributed by atoms with Crippen molar-refractivity contribution in [1.82, 2.24) is 14.8 Å². The Labute approximate surface area is 194 Å². The van der Waals surface area contributed by atoms with Crippen molar-refractivity contribution in [2.75, 3.05) is 18.5 Å². The molecule has 0 spiro atoms. The maximum atomic E-state index is 13.5. The van der Waals surface area contributed by atoms with E-state index in [9.17, 15) is 14.7 Å². The zero-order chi connectivity index (χ0) is 22.6. The van der Waals surface area contributed by atoms with Crippen molar-refractivity contribution in [3.05, 3.63) is 59.3 Å². The molecule has 3 aromatic rings. The summed E-state index contributed by atoms with van der Waals surface area (Å²) in [4.78, 5) is 33.5. The Hall–Kier alpha value is -3.00. The topological polar surface area (TPSA) is 85.9 Å². The average Bonchev–Trinajstić information content (AvgIpc) is 3.21. The number of halogens is 1. The summed E-state index contributed by atoms with van der Waals surface area (Å²) < 4.78 is 5.71. The molecule has 3 amide bonds. The van der Waals surface area contributed by atoms with E-state index in [4.69, 9.17) is 4.74 Å². The van der Waals surface area contributed by atoms with Crippen LogP contribution in [0, 0.1) is 0 Å². The van der Waals surface area contributed by atoms with Gasteiger partial charge in [0.05, 0.1) is 6.61 Å². The Morgan fingerprint density at radius 3 is 2.78 bits per heavy atom. The number of phenolic OH excluding ortho intramolecular Hbond substituents is 1. The lowest BCUT2D eigenvalue weighted by Crippen LogP contribution is -2.53. The van der Waals surface area contributed by atoms with Gasteiger partial charge in [0.15, 0.2) is 0 Å². The quantitative estimate of drug-likeness (QED) is 0.405. The first-order chi connectivity index (χ1) is 15.4. The summed E-state index contributed by atoms with van der Waals surface area (Å²) in [6.45, 7) is 4.64. The Kier molecular flexibility index (Phi) is 4.93. The van der Waals surface area contributed by atoms with E-state index >= 15 is 0 Å². The van der Waals surface area contributed by atoms with Gasteiger partial charge in [-0.15, -0.1) is 0 Å². The molecule has 0 saturated carbocycles. The lowest BCUT2D eigenvalue weighted by Gasteiger charge is -2.42. The lowest BCUT2D eigenvalue weighted by atomic mass is 9.81. The van der Waals surface area contributed by atoms with Gasteiger partial charge in [0.25, 0.3) is 5.91 Å². The summed E-state index contributed by atoms with van der Waals surface area (Å²) >= 11 is 3.36. The number of imide groups is 1. The zero-order valence-electron chi connectivity index (χ0n) is 17.9. The molecular weight excluding hydrogens is 474 g/mol. The van der Waals surface area contributed by atoms with E-state index in [-0.39, 0.29) is 17.7 Å². The number of carbonyl (C=O) groups excluding carboxylic acids is 2. The highest BCUT2D eigenvalue weighted by Crippen LogP contribution is 2.49. The zero-order valence-corrected chi connectivity index (χ0v) is 19.5. The standard InChI is InChI=1S/C24H24BrN3O4/c1-3-32-16-7-8-19-17(12-16)18-13-24(2)22(30)27(10-9-25)23(31)28(24)21(20(18)26-19)14-5-4-6-15(29)11-14/h4-8,11-12,21,26,29H,3,9-10,13H2,1-2H3/t21-,24+/m1/s1. The number of benzene rings is 2. The second-order valence-electron chi connectivity index (χ2n) is 8.40. The number of ether oxygens (including phenoxy) is 1. The number of alkyl halides is 1. The minimum Gasteiger partial charge on any atom is -0.508 e. The molecule has 1 fully saturated rings. The second kappa shape index (κ2) is 7.55. The summed E-state index contributed by atoms with van der Waals surface area (Å²) in [7, 11) is 0. The SMILES string of the molecule is CCOc1ccc2[nH]c3c(c2c1)C[C@@]1(C)C(=O)N(CCBr)C(=O)N1[C@@H]3c1cccc(O)c1. The molecule has 32 heavy (non-hydrogen) atoms. The van der Waals surface area contributed by atoms with Crippen LogP contribution in [0.5, 0.6) is 11.5 Å². The second-order valence-corrected chi connectivity index (χ2v) is 9.20. The fourth-order valence-corrected chi connectivity index (χ4v) is 5.43. The van der Waals surface area contributed by atoms with Gasteiger partial charge in [-0.1, -0.05) is 28.1 Å². The minimum absolute atomic E-state index is 0.112. The van der Waals surface area contributed by atoms with E-state index in [0.29, 0.717) is 24.9 Å². The number of nitrogens with zero attached hydrogens (tertiary/aromatic N) is 2. The molecule has 2 aromatic carbocycles. The number of fused-ring (bicyclic) bond motifs is 4. The predicted octanol–water partition coefficient (Wildman–Crippen LogP) is 4.34. The van der Waals surface area contributed by atoms with Crippen LogP contribution in [-0.4, -0.2) is 55.8 Å². The number of hydrogen-bond acceptors (Lipinski definition) is 4. The maximum absolute atomic E-state index is 13.5. The molecule has 2 N–H and O–H groups in total. The van der Waals surface area contributed by atoms with Crippen molar-refractivity contribution in [2.24, 2.45) is 0 Å². The first kappa shape index (κ1) is 20.9. The average molecular weight is 498 g/mol. The van der Waals surface area contributed by atoms with Gasteiger partial charge >= 0.3 is 6.03 Å². The third-order valence-corrected chi connectivity index (χ3v) is 6.80. The van der Waals surface area contributed by atoms with Gasteiger partial charge in [-0.2, -0.15) is 0 Å². The van der Waals surface area contributed by atoms with Gasteiger partial charge < -0.3 is 14.8 Å². The van der Waals surface area contributed by atoms with Crippen molar-refractivity contribution in [3.63, 3.8) is 0 Å². The van der Waals surface area contributed by atoms with Crippen LogP contribution in [0.2, 0.25) is 0 Å². The first-order valence-electron chi connectivity index (χ1n) is 10.7. The van der Waals surface area contributed by atoms with E-state index < -0.39 is 11.6 Å². The molecule has 3 heterocycles. The number of aromatic nitrogens is 1. The minimum atomic E-state index is -1.03. The van der Waals surface area contributed by atoms with Gasteiger partial charge in [-0.3, -0.25) is 14.6 Å². The van der Waals surface area contributed by atoms with E-state index in [1.165, 1.54) is 4.90 Å². The van der Waals surface area contributed by atoms with Crippen molar-refractivity contribution in [1.29, 1.82) is 0 Å². The predicted molar refractivity (Wildman–Crippen MR) is 124 cm³/mol. The van der Waals surface area contributed by atoms with Crippen LogP contribution in [0.3, 0.4) is 0 Å². The fraction of sp³-hybridized carbons (Fsp3) is 0.333. The number of rotatable bonds is 5. The molecular formula is C24H24BrN3O4. The number of phenols is 1. The largest absolute Gasteiger partial charge is 0.508 e. The summed E-state index contributed by atoms with van der Waals surface area (Å²) in [5, 5.41) is 11.7. The third kappa shape index (κ3) is 2.92. The van der Waals surface area contributed by atoms with Gasteiger partial charge in [0, 0.05) is 34.9 Å². The van der Waals surface area contributed by atoms with Crippen LogP contribution in [0.4, 0.5) is 4.79 Å². The lowest BCUT2D eigenvalue weighted by molar-refractivity contribution is -0.133. The third-order valence-electron chi connectivity index (χ3n) is 6.44. The molecule has 2 atom stereocenters. The van der Waals surface area contributed by atoms with Crippen LogP contribution in [-0.2, 0) is 11.2 Å². The molecule has 7 nitrogen and oxygen atoms in total. The highest BCUT2D eigenvalue weighted by Gasteiger charge is 2.60. The summed E-state index contributed by atoms with van der Waals surface area (Å²) in [6, 6.07) is 11.9. The van der Waals surface area contributed by atoms with Gasteiger partial charge in [0.1, 0.15) is 23.1 Å². The number of H-pyrrole nitrogens is 1. The summed E-state index contributed by atoms with van der Waals surface area (Å²) in [6.07, 6.45) is 0.399. The van der Waals surface area contributed by atoms with E-state index in [0.717, 1.165) is 33.5 Å². The van der Waals surface area contributed by atoms with Crippen LogP contribution < -0.4 is 4.74 Å². The van der Waals surface area contributed by atoms with E-state index in [2.05, 4.69) is 20.9 Å². The summed E-state index contributed by atoms with van der Waals surface area (Å²) in [5.41, 5.74) is 2.49. The first-order valence-corrected chi connectivity index (χ1v) is 11.8. The number of urea groups is 1. The van der Waals surface area contributed by atoms with Crippen molar-refractivity contribution < 1.29 is 19.4 Å². The highest BCUT2D eigenvalue weighted by molar-refractivity contribution is 9.09. The van der Waals surface area contributed by atoms with Crippen molar-refractivity contribution in [2.45, 2.75) is 31.8 Å². The molecule has 0 radical (unpaired) electrons. The molecule has 0 unspecified atom stereocenters. The molecule has 0 aliphatic carbocycles. The molecule has 1 saturated heterocycles. The molecule has 2 aliphatic heterocycles. The van der Waals surface area contributed by atoms with Crippen LogP contribution in [0.25, 0.3) is 10.9 Å². The van der Waals surface area contributed by atoms with Crippen LogP contribution >= 0.6 is 15.9 Å². The van der Waals surface area contributed by atoms with Gasteiger partial charge in [-0.25, -0.2) is 4.79 Å². The smallest absolute Gasteiger partial charge is 0.328 e. The number of amides is 3. The Balaban J connectivity index is 1.76. The van der Waals surface area contributed by atoms with E-state index in [1.54, 1.807) is 23.1 Å². The fourth-order valence-electron chi connectivity index (χ4n) is 5.07. The number of aromatic amines is 1. The Morgan fingerprint density at radius 2 is 2.06 bits per heavy atom. The normalized spacial score (nSPS) is 22.4. The number of nitrogens with one attached hydrogen (secondary N) is 1. The van der Waals surface area contributed by atoms with Crippen LogP contribution in [0.1, 0.15) is 36.7 Å². The molecule has 166 valence electrons. The number of aromatic hydroxyl groups is 1. The summed E-state index contributed by atoms with van der Waals surface area (Å²) in [5.74, 6) is 0.674. The van der Waals surface area contributed by atoms with Gasteiger partial charge in [0.2, 0.25) is 0 Å². The molecule has 5 rings (SSSR count). The Morgan fingerprint density at radius 1 is 1.25 bits per heavy atom.